The number of amides is 1. The molecule has 22 heavy (non-hydrogen) atoms. The smallest absolute Gasteiger partial charge is 0.270 e. The van der Waals surface area contributed by atoms with Gasteiger partial charge in [-0.25, -0.2) is 4.98 Å². The lowest BCUT2D eigenvalue weighted by Gasteiger charge is -2.29. The molecular formula is C17H21N3O2. The third-order valence-corrected chi connectivity index (χ3v) is 4.52. The summed E-state index contributed by atoms with van der Waals surface area (Å²) in [5.41, 5.74) is 1.31. The van der Waals surface area contributed by atoms with Crippen LogP contribution >= 0.6 is 0 Å². The summed E-state index contributed by atoms with van der Waals surface area (Å²) in [5.74, 6) is 0.142. The van der Waals surface area contributed by atoms with Gasteiger partial charge in [-0.2, -0.15) is 0 Å². The lowest BCUT2D eigenvalue weighted by atomic mass is 9.86. The standard InChI is InChI=1S/C17H21N3O2/c1-11-7-8-15-18-9-13(17(22)20(15)10-11)16(21)19-14-6-4-3-5-12(14)2/h7-10,12,14H,3-6H2,1-2H3,(H,19,21). The van der Waals surface area contributed by atoms with Crippen LogP contribution in [0.1, 0.15) is 48.5 Å². The Balaban J connectivity index is 1.91. The van der Waals surface area contributed by atoms with Gasteiger partial charge >= 0.3 is 0 Å². The third-order valence-electron chi connectivity index (χ3n) is 4.52. The molecule has 1 fully saturated rings. The van der Waals surface area contributed by atoms with Crippen LogP contribution < -0.4 is 10.9 Å². The number of fused-ring (bicyclic) bond motifs is 1. The van der Waals surface area contributed by atoms with E-state index >= 15 is 0 Å². The molecule has 1 amide bonds. The van der Waals surface area contributed by atoms with Crippen molar-refractivity contribution in [3.63, 3.8) is 0 Å². The first-order valence-electron chi connectivity index (χ1n) is 7.85. The van der Waals surface area contributed by atoms with Crippen molar-refractivity contribution in [2.45, 2.75) is 45.6 Å². The number of aryl methyl sites for hydroxylation is 1. The molecule has 5 heteroatoms. The van der Waals surface area contributed by atoms with Gasteiger partial charge in [0.2, 0.25) is 0 Å². The first kappa shape index (κ1) is 14.8. The fourth-order valence-corrected chi connectivity index (χ4v) is 3.12. The molecule has 2 unspecified atom stereocenters. The van der Waals surface area contributed by atoms with Crippen LogP contribution in [0.5, 0.6) is 0 Å². The van der Waals surface area contributed by atoms with Gasteiger partial charge in [0, 0.05) is 18.4 Å². The summed E-state index contributed by atoms with van der Waals surface area (Å²) in [5, 5.41) is 3.01. The molecule has 1 N–H and O–H groups in total. The van der Waals surface area contributed by atoms with Crippen LogP contribution in [0.2, 0.25) is 0 Å². The Morgan fingerprint density at radius 3 is 2.86 bits per heavy atom. The molecule has 2 aromatic heterocycles. The number of aromatic nitrogens is 2. The molecule has 5 nitrogen and oxygen atoms in total. The van der Waals surface area contributed by atoms with Crippen LogP contribution in [0.4, 0.5) is 0 Å². The Bertz CT molecular complexity index is 766. The van der Waals surface area contributed by atoms with Gasteiger partial charge in [0.05, 0.1) is 0 Å². The monoisotopic (exact) mass is 299 g/mol. The second kappa shape index (κ2) is 5.91. The van der Waals surface area contributed by atoms with Crippen molar-refractivity contribution >= 4 is 11.6 Å². The Morgan fingerprint density at radius 2 is 2.09 bits per heavy atom. The predicted molar refractivity (Wildman–Crippen MR) is 85.1 cm³/mol. The van der Waals surface area contributed by atoms with Crippen LogP contribution in [0.25, 0.3) is 5.65 Å². The molecule has 0 aromatic carbocycles. The first-order valence-corrected chi connectivity index (χ1v) is 7.85. The molecule has 2 aromatic rings. The van der Waals surface area contributed by atoms with E-state index in [1.807, 2.05) is 13.0 Å². The summed E-state index contributed by atoms with van der Waals surface area (Å²) >= 11 is 0. The molecule has 2 atom stereocenters. The molecule has 0 radical (unpaired) electrons. The first-order chi connectivity index (χ1) is 10.6. The van der Waals surface area contributed by atoms with Crippen LogP contribution in [0.15, 0.2) is 29.3 Å². The van der Waals surface area contributed by atoms with Crippen molar-refractivity contribution in [2.75, 3.05) is 0 Å². The quantitative estimate of drug-likeness (QED) is 0.925. The number of carbonyl (C=O) groups excluding carboxylic acids is 1. The zero-order chi connectivity index (χ0) is 15.7. The molecule has 1 aliphatic carbocycles. The molecule has 116 valence electrons. The topological polar surface area (TPSA) is 63.5 Å². The second-order valence-corrected chi connectivity index (χ2v) is 6.25. The van der Waals surface area contributed by atoms with E-state index in [4.69, 9.17) is 0 Å². The van der Waals surface area contributed by atoms with Crippen LogP contribution in [0.3, 0.4) is 0 Å². The Kier molecular flexibility index (Phi) is 3.96. The van der Waals surface area contributed by atoms with Crippen LogP contribution in [-0.2, 0) is 0 Å². The minimum Gasteiger partial charge on any atom is -0.349 e. The number of nitrogens with zero attached hydrogens (tertiary/aromatic N) is 2. The van der Waals surface area contributed by atoms with E-state index in [-0.39, 0.29) is 23.1 Å². The number of pyridine rings is 1. The molecule has 0 spiro atoms. The highest BCUT2D eigenvalue weighted by Crippen LogP contribution is 2.23. The molecule has 0 aliphatic heterocycles. The fraction of sp³-hybridized carbons (Fsp3) is 0.471. The third kappa shape index (κ3) is 2.75. The summed E-state index contributed by atoms with van der Waals surface area (Å²) in [7, 11) is 0. The fourth-order valence-electron chi connectivity index (χ4n) is 3.12. The van der Waals surface area contributed by atoms with Crippen LogP contribution in [-0.4, -0.2) is 21.3 Å². The summed E-state index contributed by atoms with van der Waals surface area (Å²) in [4.78, 5) is 29.2. The predicted octanol–water partition coefficient (Wildman–Crippen LogP) is 2.31. The highest BCUT2D eigenvalue weighted by atomic mass is 16.2. The van der Waals surface area contributed by atoms with Crippen molar-refractivity contribution in [1.29, 1.82) is 0 Å². The van der Waals surface area contributed by atoms with Crippen molar-refractivity contribution in [2.24, 2.45) is 5.92 Å². The highest BCUT2D eigenvalue weighted by molar-refractivity contribution is 5.93. The molecule has 2 heterocycles. The average Bonchev–Trinajstić information content (AvgIpc) is 2.50. The van der Waals surface area contributed by atoms with Gasteiger partial charge in [0.1, 0.15) is 11.2 Å². The zero-order valence-corrected chi connectivity index (χ0v) is 13.0. The second-order valence-electron chi connectivity index (χ2n) is 6.25. The molecule has 0 bridgehead atoms. The van der Waals surface area contributed by atoms with E-state index in [0.29, 0.717) is 11.6 Å². The van der Waals surface area contributed by atoms with Gasteiger partial charge in [-0.05, 0) is 37.3 Å². The maximum Gasteiger partial charge on any atom is 0.270 e. The van der Waals surface area contributed by atoms with Crippen molar-refractivity contribution in [3.05, 3.63) is 46.0 Å². The normalized spacial score (nSPS) is 21.7. The van der Waals surface area contributed by atoms with Gasteiger partial charge in [-0.15, -0.1) is 0 Å². The van der Waals surface area contributed by atoms with Crippen LogP contribution in [0, 0.1) is 12.8 Å². The Hall–Kier alpha value is -2.17. The van der Waals surface area contributed by atoms with Crippen molar-refractivity contribution < 1.29 is 4.79 Å². The van der Waals surface area contributed by atoms with Gasteiger partial charge in [-0.3, -0.25) is 14.0 Å². The molecule has 3 rings (SSSR count). The van der Waals surface area contributed by atoms with Gasteiger partial charge in [-0.1, -0.05) is 25.8 Å². The number of rotatable bonds is 2. The van der Waals surface area contributed by atoms with Gasteiger partial charge in [0.15, 0.2) is 0 Å². The minimum absolute atomic E-state index is 0.112. The maximum absolute atomic E-state index is 12.5. The summed E-state index contributed by atoms with van der Waals surface area (Å²) in [6, 6.07) is 3.83. The average molecular weight is 299 g/mol. The van der Waals surface area contributed by atoms with E-state index < -0.39 is 0 Å². The van der Waals surface area contributed by atoms with Crippen molar-refractivity contribution in [1.82, 2.24) is 14.7 Å². The number of carbonyl (C=O) groups is 1. The summed E-state index contributed by atoms with van der Waals surface area (Å²) in [6.45, 7) is 4.06. The van der Waals surface area contributed by atoms with E-state index in [1.54, 1.807) is 12.3 Å². The van der Waals surface area contributed by atoms with E-state index in [1.165, 1.54) is 17.0 Å². The minimum atomic E-state index is -0.313. The summed E-state index contributed by atoms with van der Waals surface area (Å²) < 4.78 is 1.44. The lowest BCUT2D eigenvalue weighted by molar-refractivity contribution is 0.0908. The Morgan fingerprint density at radius 1 is 1.32 bits per heavy atom. The highest BCUT2D eigenvalue weighted by Gasteiger charge is 2.24. The van der Waals surface area contributed by atoms with Gasteiger partial charge in [0.25, 0.3) is 11.5 Å². The lowest BCUT2D eigenvalue weighted by Crippen LogP contribution is -2.43. The number of nitrogens with one attached hydrogen (secondary N) is 1. The van der Waals surface area contributed by atoms with Gasteiger partial charge < -0.3 is 5.32 Å². The Labute approximate surface area is 129 Å². The summed E-state index contributed by atoms with van der Waals surface area (Å²) in [6.07, 6.45) is 7.55. The van der Waals surface area contributed by atoms with Crippen molar-refractivity contribution in [3.8, 4) is 0 Å². The van der Waals surface area contributed by atoms with E-state index in [9.17, 15) is 9.59 Å². The zero-order valence-electron chi connectivity index (χ0n) is 13.0. The molecule has 0 saturated heterocycles. The largest absolute Gasteiger partial charge is 0.349 e. The molecular weight excluding hydrogens is 278 g/mol. The molecule has 1 aliphatic rings. The maximum atomic E-state index is 12.5. The molecule has 1 saturated carbocycles. The number of hydrogen-bond acceptors (Lipinski definition) is 3. The number of hydrogen-bond donors (Lipinski definition) is 1. The SMILES string of the molecule is Cc1ccc2ncc(C(=O)NC3CCCCC3C)c(=O)n2c1. The van der Waals surface area contributed by atoms with E-state index in [0.717, 1.165) is 24.8 Å². The van der Waals surface area contributed by atoms with E-state index in [2.05, 4.69) is 17.2 Å².